The molecule has 0 spiro atoms. The second-order valence-corrected chi connectivity index (χ2v) is 4.75. The summed E-state index contributed by atoms with van der Waals surface area (Å²) < 4.78 is 1.72. The predicted octanol–water partition coefficient (Wildman–Crippen LogP) is 2.83. The number of carbonyl (C=O) groups excluding carboxylic acids is 1. The Kier molecular flexibility index (Phi) is 3.35. The van der Waals surface area contributed by atoms with Crippen LogP contribution in [0.5, 0.6) is 0 Å². The Hall–Kier alpha value is -2.39. The Bertz CT molecular complexity index is 744. The van der Waals surface area contributed by atoms with Gasteiger partial charge in [0.2, 0.25) is 0 Å². The third-order valence-electron chi connectivity index (χ3n) is 3.45. The highest BCUT2D eigenvalue weighted by Gasteiger charge is 2.14. The normalized spacial score (nSPS) is 10.8. The van der Waals surface area contributed by atoms with Crippen molar-refractivity contribution in [2.75, 3.05) is 6.54 Å². The smallest absolute Gasteiger partial charge is 0.262 e. The van der Waals surface area contributed by atoms with Crippen LogP contribution in [0.3, 0.4) is 0 Å². The molecule has 0 atom stereocenters. The SMILES string of the molecule is NCCc1cn(C(=O)c2ccccc2)c2ccccc12. The largest absolute Gasteiger partial charge is 0.330 e. The number of hydrogen-bond donors (Lipinski definition) is 1. The standard InChI is InChI=1S/C17H16N2O/c18-11-10-14-12-19(16-9-5-4-8-15(14)16)17(20)13-6-2-1-3-7-13/h1-9,12H,10-11,18H2. The van der Waals surface area contributed by atoms with Crippen molar-refractivity contribution in [3.8, 4) is 0 Å². The van der Waals surface area contributed by atoms with Crippen molar-refractivity contribution in [2.45, 2.75) is 6.42 Å². The molecule has 0 aliphatic carbocycles. The number of nitrogens with zero attached hydrogens (tertiary/aromatic N) is 1. The summed E-state index contributed by atoms with van der Waals surface area (Å²) >= 11 is 0. The molecule has 1 heterocycles. The third kappa shape index (κ3) is 2.12. The summed E-state index contributed by atoms with van der Waals surface area (Å²) in [6.07, 6.45) is 2.68. The number of aromatic nitrogens is 1. The van der Waals surface area contributed by atoms with Gasteiger partial charge in [-0.2, -0.15) is 0 Å². The predicted molar refractivity (Wildman–Crippen MR) is 80.9 cm³/mol. The van der Waals surface area contributed by atoms with Crippen LogP contribution in [0.1, 0.15) is 15.9 Å². The molecular formula is C17H16N2O. The van der Waals surface area contributed by atoms with E-state index in [4.69, 9.17) is 5.73 Å². The van der Waals surface area contributed by atoms with E-state index in [-0.39, 0.29) is 5.91 Å². The molecule has 0 saturated heterocycles. The molecule has 3 aromatic rings. The maximum atomic E-state index is 12.6. The zero-order chi connectivity index (χ0) is 13.9. The van der Waals surface area contributed by atoms with E-state index < -0.39 is 0 Å². The topological polar surface area (TPSA) is 48.0 Å². The molecule has 0 unspecified atom stereocenters. The first-order chi connectivity index (χ1) is 9.81. The van der Waals surface area contributed by atoms with Crippen LogP contribution in [0.2, 0.25) is 0 Å². The van der Waals surface area contributed by atoms with Crippen LogP contribution in [0.15, 0.2) is 60.8 Å². The summed E-state index contributed by atoms with van der Waals surface area (Å²) in [7, 11) is 0. The van der Waals surface area contributed by atoms with Crippen molar-refractivity contribution in [2.24, 2.45) is 5.73 Å². The second kappa shape index (κ2) is 5.31. The van der Waals surface area contributed by atoms with Crippen LogP contribution >= 0.6 is 0 Å². The fraction of sp³-hybridized carbons (Fsp3) is 0.118. The van der Waals surface area contributed by atoms with Crippen LogP contribution in [0, 0.1) is 0 Å². The summed E-state index contributed by atoms with van der Waals surface area (Å²) in [6, 6.07) is 17.3. The van der Waals surface area contributed by atoms with Gasteiger partial charge in [-0.15, -0.1) is 0 Å². The molecule has 3 heteroatoms. The van der Waals surface area contributed by atoms with Gasteiger partial charge in [0.1, 0.15) is 0 Å². The maximum Gasteiger partial charge on any atom is 0.262 e. The van der Waals surface area contributed by atoms with Crippen molar-refractivity contribution in [3.63, 3.8) is 0 Å². The van der Waals surface area contributed by atoms with Crippen molar-refractivity contribution in [1.29, 1.82) is 0 Å². The minimum atomic E-state index is -0.00919. The molecular weight excluding hydrogens is 248 g/mol. The van der Waals surface area contributed by atoms with E-state index in [1.54, 1.807) is 4.57 Å². The highest BCUT2D eigenvalue weighted by atomic mass is 16.2. The Morgan fingerprint density at radius 2 is 1.70 bits per heavy atom. The van der Waals surface area contributed by atoms with Crippen LogP contribution in [-0.2, 0) is 6.42 Å². The van der Waals surface area contributed by atoms with Gasteiger partial charge in [0.05, 0.1) is 5.52 Å². The van der Waals surface area contributed by atoms with Gasteiger partial charge in [0.15, 0.2) is 0 Å². The van der Waals surface area contributed by atoms with Gasteiger partial charge in [0.25, 0.3) is 5.91 Å². The third-order valence-corrected chi connectivity index (χ3v) is 3.45. The summed E-state index contributed by atoms with van der Waals surface area (Å²) in [5.74, 6) is -0.00919. The van der Waals surface area contributed by atoms with E-state index >= 15 is 0 Å². The van der Waals surface area contributed by atoms with Crippen LogP contribution in [0.4, 0.5) is 0 Å². The number of fused-ring (bicyclic) bond motifs is 1. The molecule has 0 radical (unpaired) electrons. The monoisotopic (exact) mass is 264 g/mol. The molecule has 0 fully saturated rings. The highest BCUT2D eigenvalue weighted by molar-refractivity contribution is 6.02. The Morgan fingerprint density at radius 1 is 1.00 bits per heavy atom. The Morgan fingerprint density at radius 3 is 2.45 bits per heavy atom. The minimum absolute atomic E-state index is 0.00919. The first-order valence-corrected chi connectivity index (χ1v) is 6.70. The summed E-state index contributed by atoms with van der Waals surface area (Å²) in [5.41, 5.74) is 8.39. The number of benzene rings is 2. The number of carbonyl (C=O) groups is 1. The van der Waals surface area contributed by atoms with Gasteiger partial charge in [-0.25, -0.2) is 0 Å². The van der Waals surface area contributed by atoms with E-state index in [9.17, 15) is 4.79 Å². The van der Waals surface area contributed by atoms with Crippen LogP contribution in [-0.4, -0.2) is 17.0 Å². The number of nitrogens with two attached hydrogens (primary N) is 1. The Balaban J connectivity index is 2.14. The second-order valence-electron chi connectivity index (χ2n) is 4.75. The summed E-state index contributed by atoms with van der Waals surface area (Å²) in [5, 5.41) is 1.10. The number of hydrogen-bond acceptors (Lipinski definition) is 2. The number of para-hydroxylation sites is 1. The number of rotatable bonds is 3. The minimum Gasteiger partial charge on any atom is -0.330 e. The van der Waals surface area contributed by atoms with Crippen molar-refractivity contribution >= 4 is 16.8 Å². The van der Waals surface area contributed by atoms with E-state index in [0.29, 0.717) is 12.1 Å². The van der Waals surface area contributed by atoms with E-state index in [0.717, 1.165) is 22.9 Å². The van der Waals surface area contributed by atoms with E-state index in [1.807, 2.05) is 60.8 Å². The van der Waals surface area contributed by atoms with Gasteiger partial charge in [-0.3, -0.25) is 9.36 Å². The van der Waals surface area contributed by atoms with E-state index in [1.165, 1.54) is 0 Å². The van der Waals surface area contributed by atoms with Gasteiger partial charge in [-0.05, 0) is 36.7 Å². The van der Waals surface area contributed by atoms with Crippen LogP contribution < -0.4 is 5.73 Å². The van der Waals surface area contributed by atoms with Gasteiger partial charge >= 0.3 is 0 Å². The maximum absolute atomic E-state index is 12.6. The molecule has 2 aromatic carbocycles. The first-order valence-electron chi connectivity index (χ1n) is 6.70. The van der Waals surface area contributed by atoms with Gasteiger partial charge in [0, 0.05) is 17.1 Å². The molecule has 0 aliphatic rings. The van der Waals surface area contributed by atoms with Gasteiger partial charge < -0.3 is 5.73 Å². The lowest BCUT2D eigenvalue weighted by atomic mass is 10.1. The summed E-state index contributed by atoms with van der Waals surface area (Å²) in [6.45, 7) is 0.577. The average Bonchev–Trinajstić information content (AvgIpc) is 2.87. The average molecular weight is 264 g/mol. The lowest BCUT2D eigenvalue weighted by Crippen LogP contribution is -2.10. The van der Waals surface area contributed by atoms with Crippen molar-refractivity contribution in [3.05, 3.63) is 71.9 Å². The van der Waals surface area contributed by atoms with Crippen LogP contribution in [0.25, 0.3) is 10.9 Å². The Labute approximate surface area is 117 Å². The molecule has 3 rings (SSSR count). The van der Waals surface area contributed by atoms with Gasteiger partial charge in [-0.1, -0.05) is 36.4 Å². The zero-order valence-electron chi connectivity index (χ0n) is 11.1. The zero-order valence-corrected chi connectivity index (χ0v) is 11.1. The first kappa shape index (κ1) is 12.6. The fourth-order valence-corrected chi connectivity index (χ4v) is 2.49. The molecule has 20 heavy (non-hydrogen) atoms. The quantitative estimate of drug-likeness (QED) is 0.790. The molecule has 100 valence electrons. The molecule has 0 aliphatic heterocycles. The fourth-order valence-electron chi connectivity index (χ4n) is 2.49. The lowest BCUT2D eigenvalue weighted by molar-refractivity contribution is 0.0965. The molecule has 0 saturated carbocycles. The van der Waals surface area contributed by atoms with Crippen molar-refractivity contribution < 1.29 is 4.79 Å². The molecule has 1 aromatic heterocycles. The summed E-state index contributed by atoms with van der Waals surface area (Å²) in [4.78, 5) is 12.6. The molecule has 0 bridgehead atoms. The highest BCUT2D eigenvalue weighted by Crippen LogP contribution is 2.22. The molecule has 2 N–H and O–H groups in total. The van der Waals surface area contributed by atoms with E-state index in [2.05, 4.69) is 0 Å². The molecule has 0 amide bonds. The molecule has 3 nitrogen and oxygen atoms in total. The van der Waals surface area contributed by atoms with Crippen molar-refractivity contribution in [1.82, 2.24) is 4.57 Å². The lowest BCUT2D eigenvalue weighted by Gasteiger charge is -2.03.